The summed E-state index contributed by atoms with van der Waals surface area (Å²) in [7, 11) is 0. The molecular formula is C44H50Zr. The van der Waals surface area contributed by atoms with Gasteiger partial charge in [-0.1, -0.05) is 109 Å². The summed E-state index contributed by atoms with van der Waals surface area (Å²) in [5.41, 5.74) is 8.65. The number of fused-ring (bicyclic) bond motifs is 3. The van der Waals surface area contributed by atoms with Crippen LogP contribution in [0, 0.1) is 29.7 Å². The maximum absolute atomic E-state index is 3.52. The Balaban J connectivity index is 0.000000155. The van der Waals surface area contributed by atoms with Crippen LogP contribution in [0.25, 0.3) is 21.5 Å². The van der Waals surface area contributed by atoms with E-state index >= 15 is 0 Å². The molecule has 0 N–H and O–H groups in total. The van der Waals surface area contributed by atoms with Gasteiger partial charge >= 0.3 is 99.2 Å². The van der Waals surface area contributed by atoms with Gasteiger partial charge in [0, 0.05) is 0 Å². The second-order valence-electron chi connectivity index (χ2n) is 13.1. The maximum atomic E-state index is 3.52. The first-order chi connectivity index (χ1) is 21.6. The van der Waals surface area contributed by atoms with Crippen molar-refractivity contribution < 1.29 is 24.2 Å². The third-order valence-corrected chi connectivity index (χ3v) is 10.2. The molecule has 5 aromatic carbocycles. The second-order valence-corrected chi connectivity index (χ2v) is 14.3. The third-order valence-electron chi connectivity index (χ3n) is 8.77. The zero-order valence-corrected chi connectivity index (χ0v) is 31.1. The molecule has 0 amide bonds. The van der Waals surface area contributed by atoms with E-state index in [4.69, 9.17) is 0 Å². The quantitative estimate of drug-likeness (QED) is 0.151. The average molecular weight is 670 g/mol. The van der Waals surface area contributed by atoms with Crippen LogP contribution in [0.1, 0.15) is 77.6 Å². The van der Waals surface area contributed by atoms with Gasteiger partial charge in [0.25, 0.3) is 0 Å². The Kier molecular flexibility index (Phi) is 12.8. The molecule has 0 spiro atoms. The summed E-state index contributed by atoms with van der Waals surface area (Å²) in [4.78, 5) is 0. The summed E-state index contributed by atoms with van der Waals surface area (Å²) in [6.45, 7) is 18.1. The summed E-state index contributed by atoms with van der Waals surface area (Å²) >= 11 is 1.46. The second kappa shape index (κ2) is 16.5. The molecule has 0 bridgehead atoms. The Morgan fingerprint density at radius 3 is 1.51 bits per heavy atom. The van der Waals surface area contributed by atoms with Crippen molar-refractivity contribution in [3.8, 4) is 0 Å². The van der Waals surface area contributed by atoms with Gasteiger partial charge in [0.1, 0.15) is 0 Å². The molecule has 1 heteroatoms. The van der Waals surface area contributed by atoms with E-state index < -0.39 is 0 Å². The van der Waals surface area contributed by atoms with Gasteiger partial charge in [-0.05, 0) is 18.8 Å². The Labute approximate surface area is 288 Å². The molecule has 0 aliphatic heterocycles. The molecule has 45 heavy (non-hydrogen) atoms. The van der Waals surface area contributed by atoms with E-state index in [1.54, 1.807) is 5.57 Å². The van der Waals surface area contributed by atoms with Gasteiger partial charge < -0.3 is 0 Å². The van der Waals surface area contributed by atoms with Crippen molar-refractivity contribution in [1.82, 2.24) is 0 Å². The van der Waals surface area contributed by atoms with E-state index in [9.17, 15) is 0 Å². The molecule has 0 saturated heterocycles. The van der Waals surface area contributed by atoms with Crippen LogP contribution in [0.4, 0.5) is 0 Å². The molecule has 1 aliphatic carbocycles. The molecule has 0 nitrogen and oxygen atoms in total. The van der Waals surface area contributed by atoms with Crippen LogP contribution in [-0.2, 0) is 37.1 Å². The Morgan fingerprint density at radius 1 is 0.667 bits per heavy atom. The van der Waals surface area contributed by atoms with Crippen molar-refractivity contribution in [2.75, 3.05) is 0 Å². The molecule has 230 valence electrons. The van der Waals surface area contributed by atoms with E-state index in [2.05, 4.69) is 171 Å². The first kappa shape index (κ1) is 34.8. The van der Waals surface area contributed by atoms with Gasteiger partial charge in [-0.15, -0.1) is 39.7 Å². The summed E-state index contributed by atoms with van der Waals surface area (Å²) in [5, 5.41) is 5.54. The summed E-state index contributed by atoms with van der Waals surface area (Å²) < 4.78 is 1.42. The Bertz CT molecular complexity index is 1640. The molecule has 0 heterocycles. The predicted molar refractivity (Wildman–Crippen MR) is 195 cm³/mol. The van der Waals surface area contributed by atoms with Crippen LogP contribution < -0.4 is 0 Å². The topological polar surface area (TPSA) is 0 Å². The molecule has 0 aromatic heterocycles. The molecule has 1 atom stereocenters. The first-order valence-corrected chi connectivity index (χ1v) is 18.0. The molecule has 1 unspecified atom stereocenters. The minimum atomic E-state index is 0.562. The summed E-state index contributed by atoms with van der Waals surface area (Å²) in [6, 6.07) is 37.1. The molecule has 0 saturated carbocycles. The number of aryl methyl sites for hydroxylation is 2. The number of rotatable bonds is 7. The van der Waals surface area contributed by atoms with E-state index in [0.717, 1.165) is 12.8 Å². The minimum absolute atomic E-state index is 0.562. The Hall–Kier alpha value is -3.02. The van der Waals surface area contributed by atoms with E-state index in [1.807, 2.05) is 0 Å². The van der Waals surface area contributed by atoms with Crippen molar-refractivity contribution in [1.29, 1.82) is 0 Å². The van der Waals surface area contributed by atoms with Gasteiger partial charge in [0.15, 0.2) is 0 Å². The van der Waals surface area contributed by atoms with Crippen LogP contribution in [0.2, 0.25) is 0 Å². The van der Waals surface area contributed by atoms with Crippen molar-refractivity contribution in [2.24, 2.45) is 23.7 Å². The number of allylic oxidation sites excluding steroid dienone is 4. The van der Waals surface area contributed by atoms with E-state index in [0.29, 0.717) is 23.7 Å². The zero-order chi connectivity index (χ0) is 32.5. The number of hydrogen-bond acceptors (Lipinski definition) is 0. The van der Waals surface area contributed by atoms with Gasteiger partial charge in [-0.25, -0.2) is 6.08 Å². The third kappa shape index (κ3) is 8.83. The first-order valence-electron chi connectivity index (χ1n) is 16.8. The van der Waals surface area contributed by atoms with E-state index in [-0.39, 0.29) is 0 Å². The predicted octanol–water partition coefficient (Wildman–Crippen LogP) is 11.9. The van der Waals surface area contributed by atoms with Crippen LogP contribution in [-0.4, -0.2) is 3.21 Å². The molecule has 6 rings (SSSR count). The fourth-order valence-corrected chi connectivity index (χ4v) is 7.03. The van der Waals surface area contributed by atoms with E-state index in [1.165, 1.54) is 76.8 Å². The fourth-order valence-electron chi connectivity index (χ4n) is 6.21. The summed E-state index contributed by atoms with van der Waals surface area (Å²) in [5.74, 6) is 2.54. The van der Waals surface area contributed by atoms with Crippen molar-refractivity contribution in [3.05, 3.63) is 149 Å². The van der Waals surface area contributed by atoms with Gasteiger partial charge in [-0.2, -0.15) is 11.1 Å². The van der Waals surface area contributed by atoms with Gasteiger partial charge in [0.05, 0.1) is 0 Å². The van der Waals surface area contributed by atoms with Crippen LogP contribution in [0.3, 0.4) is 0 Å². The fraction of sp³-hybridized carbons (Fsp3) is 0.318. The van der Waals surface area contributed by atoms with Crippen molar-refractivity contribution >= 4 is 24.8 Å². The van der Waals surface area contributed by atoms with Crippen LogP contribution in [0.5, 0.6) is 0 Å². The van der Waals surface area contributed by atoms with Crippen molar-refractivity contribution in [2.45, 2.75) is 68.2 Å². The monoisotopic (exact) mass is 668 g/mol. The standard InChI is InChI=1S/C17H17.C14H23.C13H10.Zr/c1-3-12-5-7-16-14(9-12)11-15-10-13(4-2)6-8-17(15)16;1-9(2)12-7-8-13(10(3)4)14(12)11(5)6;1-3-7-12(8-4-1)11-13-9-5-2-6-10-13;/h5-11H,3-4H2,1-2H3;7,9-11,13H,1-6H3;1-10H;/q2*-1;;+2. The molecule has 0 fully saturated rings. The number of hydrogen-bond donors (Lipinski definition) is 0. The average Bonchev–Trinajstić information content (AvgIpc) is 3.68. The Morgan fingerprint density at radius 2 is 1.13 bits per heavy atom. The molecular weight excluding hydrogens is 620 g/mol. The SMILES string of the molecule is CC(C)C1=C(C(C)C)C(C(C)C)[C-]=C1.CCc1ccc2c(c1)[cH-]c1cc(CC)ccc12.[Zr+2]=[C](c1ccccc1)c1ccccc1. The van der Waals surface area contributed by atoms with Gasteiger partial charge in [0.2, 0.25) is 0 Å². The summed E-state index contributed by atoms with van der Waals surface area (Å²) in [6.07, 6.45) is 7.96. The van der Waals surface area contributed by atoms with Gasteiger partial charge in [-0.3, -0.25) is 6.08 Å². The number of benzene rings is 4. The van der Waals surface area contributed by atoms with Crippen LogP contribution >= 0.6 is 0 Å². The normalized spacial score (nSPS) is 14.3. The van der Waals surface area contributed by atoms with Crippen molar-refractivity contribution in [3.63, 3.8) is 0 Å². The van der Waals surface area contributed by atoms with Crippen LogP contribution in [0.15, 0.2) is 120 Å². The molecule has 1 aliphatic rings. The molecule has 5 aromatic rings. The zero-order valence-electron chi connectivity index (χ0n) is 28.6. The molecule has 0 radical (unpaired) electrons.